The maximum Gasteiger partial charge on any atom is 0.264 e. The summed E-state index contributed by atoms with van der Waals surface area (Å²) in [4.78, 5) is 14.3. The van der Waals surface area contributed by atoms with Crippen molar-refractivity contribution in [2.75, 3.05) is 7.05 Å². The monoisotopic (exact) mass is 398 g/mol. The number of rotatable bonds is 4. The van der Waals surface area contributed by atoms with Crippen molar-refractivity contribution in [3.63, 3.8) is 0 Å². The van der Waals surface area contributed by atoms with Crippen LogP contribution in [0.1, 0.15) is 39.0 Å². The smallest absolute Gasteiger partial charge is 0.264 e. The SMILES string of the molecule is C[C@@H](Oc1ccc(Cl)cc1Br)C(=O)N(C)C1(C#N)CCCCC1. The van der Waals surface area contributed by atoms with E-state index in [1.165, 1.54) is 0 Å². The molecule has 1 aromatic carbocycles. The minimum absolute atomic E-state index is 0.185. The minimum Gasteiger partial charge on any atom is -0.480 e. The Morgan fingerprint density at radius 2 is 2.09 bits per heavy atom. The lowest BCUT2D eigenvalue weighted by Crippen LogP contribution is -2.53. The Kier molecular flexibility index (Phi) is 5.94. The normalized spacial score (nSPS) is 17.9. The van der Waals surface area contributed by atoms with Crippen molar-refractivity contribution >= 4 is 33.4 Å². The van der Waals surface area contributed by atoms with Crippen LogP contribution in [0.3, 0.4) is 0 Å². The Bertz CT molecular complexity index is 624. The number of benzene rings is 1. The quantitative estimate of drug-likeness (QED) is 0.746. The van der Waals surface area contributed by atoms with Gasteiger partial charge in [0.2, 0.25) is 0 Å². The molecule has 6 heteroatoms. The first-order chi connectivity index (χ1) is 10.9. The number of carbonyl (C=O) groups is 1. The fourth-order valence-electron chi connectivity index (χ4n) is 2.95. The van der Waals surface area contributed by atoms with Gasteiger partial charge in [-0.2, -0.15) is 5.26 Å². The molecule has 124 valence electrons. The summed E-state index contributed by atoms with van der Waals surface area (Å²) in [5, 5.41) is 10.2. The first-order valence-corrected chi connectivity index (χ1v) is 8.87. The minimum atomic E-state index is -0.704. The van der Waals surface area contributed by atoms with Crippen LogP contribution in [-0.2, 0) is 4.79 Å². The van der Waals surface area contributed by atoms with Gasteiger partial charge in [-0.25, -0.2) is 0 Å². The van der Waals surface area contributed by atoms with E-state index in [9.17, 15) is 10.1 Å². The lowest BCUT2D eigenvalue weighted by molar-refractivity contribution is -0.141. The zero-order valence-electron chi connectivity index (χ0n) is 13.3. The topological polar surface area (TPSA) is 53.3 Å². The van der Waals surface area contributed by atoms with Crippen molar-refractivity contribution in [3.05, 3.63) is 27.7 Å². The molecule has 1 amide bonds. The fraction of sp³-hybridized carbons (Fsp3) is 0.529. The number of nitrogens with zero attached hydrogens (tertiary/aromatic N) is 2. The predicted octanol–water partition coefficient (Wildman–Crippen LogP) is 4.55. The van der Waals surface area contributed by atoms with Gasteiger partial charge in [0, 0.05) is 12.1 Å². The van der Waals surface area contributed by atoms with Gasteiger partial charge in [-0.05, 0) is 53.9 Å². The molecule has 1 fully saturated rings. The van der Waals surface area contributed by atoms with Gasteiger partial charge in [0.25, 0.3) is 5.91 Å². The van der Waals surface area contributed by atoms with Crippen LogP contribution in [0.2, 0.25) is 5.02 Å². The number of hydrogen-bond donors (Lipinski definition) is 0. The van der Waals surface area contributed by atoms with Crippen molar-refractivity contribution < 1.29 is 9.53 Å². The van der Waals surface area contributed by atoms with Gasteiger partial charge in [-0.3, -0.25) is 4.79 Å². The molecule has 0 spiro atoms. The third kappa shape index (κ3) is 3.99. The second-order valence-electron chi connectivity index (χ2n) is 5.94. The molecule has 4 nitrogen and oxygen atoms in total. The number of halogens is 2. The van der Waals surface area contributed by atoms with Gasteiger partial charge < -0.3 is 9.64 Å². The Labute approximate surface area is 150 Å². The first-order valence-electron chi connectivity index (χ1n) is 7.70. The van der Waals surface area contributed by atoms with E-state index in [4.69, 9.17) is 16.3 Å². The Morgan fingerprint density at radius 1 is 1.43 bits per heavy atom. The molecule has 1 aliphatic rings. The third-order valence-electron chi connectivity index (χ3n) is 4.41. The van der Waals surface area contributed by atoms with Gasteiger partial charge in [0.05, 0.1) is 10.5 Å². The molecule has 0 radical (unpaired) electrons. The number of likely N-dealkylation sites (N-methyl/N-ethyl adjacent to an activating group) is 1. The van der Waals surface area contributed by atoms with Gasteiger partial charge >= 0.3 is 0 Å². The molecule has 2 rings (SSSR count). The molecule has 0 aliphatic heterocycles. The van der Waals surface area contributed by atoms with Crippen LogP contribution in [0.25, 0.3) is 0 Å². The summed E-state index contributed by atoms with van der Waals surface area (Å²) in [5.74, 6) is 0.369. The number of carbonyl (C=O) groups excluding carboxylic acids is 1. The lowest BCUT2D eigenvalue weighted by atomic mass is 9.81. The Hall–Kier alpha value is -1.25. The van der Waals surface area contributed by atoms with Crippen LogP contribution in [0.15, 0.2) is 22.7 Å². The maximum atomic E-state index is 12.7. The van der Waals surface area contributed by atoms with Gasteiger partial charge in [-0.1, -0.05) is 30.9 Å². The lowest BCUT2D eigenvalue weighted by Gasteiger charge is -2.40. The van der Waals surface area contributed by atoms with Crippen molar-refractivity contribution in [1.82, 2.24) is 4.90 Å². The molecule has 1 saturated carbocycles. The largest absolute Gasteiger partial charge is 0.480 e. The molecule has 23 heavy (non-hydrogen) atoms. The van der Waals surface area contributed by atoms with E-state index in [0.29, 0.717) is 15.2 Å². The van der Waals surface area contributed by atoms with E-state index < -0.39 is 11.6 Å². The molecular weight excluding hydrogens is 380 g/mol. The molecule has 0 saturated heterocycles. The van der Waals surface area contributed by atoms with Crippen LogP contribution < -0.4 is 4.74 Å². The van der Waals surface area contributed by atoms with E-state index in [-0.39, 0.29) is 5.91 Å². The standard InChI is InChI=1S/C17H20BrClN2O2/c1-12(23-15-7-6-13(19)10-14(15)18)16(22)21(2)17(11-20)8-4-3-5-9-17/h6-7,10,12H,3-5,8-9H2,1-2H3/t12-/m1/s1. The molecule has 0 N–H and O–H groups in total. The summed E-state index contributed by atoms with van der Waals surface area (Å²) in [6, 6.07) is 7.50. The second kappa shape index (κ2) is 7.55. The summed E-state index contributed by atoms with van der Waals surface area (Å²) >= 11 is 9.28. The van der Waals surface area contributed by atoms with Crippen molar-refractivity contribution in [3.8, 4) is 11.8 Å². The molecule has 0 unspecified atom stereocenters. The number of hydrogen-bond acceptors (Lipinski definition) is 3. The third-order valence-corrected chi connectivity index (χ3v) is 5.26. The molecular formula is C17H20BrClN2O2. The van der Waals surface area contributed by atoms with Gasteiger partial charge in [-0.15, -0.1) is 0 Å². The molecule has 0 bridgehead atoms. The Morgan fingerprint density at radius 3 is 2.65 bits per heavy atom. The average molecular weight is 400 g/mol. The predicted molar refractivity (Wildman–Crippen MR) is 93.4 cm³/mol. The van der Waals surface area contributed by atoms with Crippen molar-refractivity contribution in [2.24, 2.45) is 0 Å². The van der Waals surface area contributed by atoms with Crippen LogP contribution >= 0.6 is 27.5 Å². The highest BCUT2D eigenvalue weighted by Gasteiger charge is 2.40. The van der Waals surface area contributed by atoms with Crippen LogP contribution in [0, 0.1) is 11.3 Å². The average Bonchev–Trinajstić information content (AvgIpc) is 2.56. The van der Waals surface area contributed by atoms with Gasteiger partial charge in [0.15, 0.2) is 6.10 Å². The molecule has 0 heterocycles. The number of ether oxygens (including phenoxy) is 1. The van der Waals surface area contributed by atoms with Crippen molar-refractivity contribution in [2.45, 2.75) is 50.7 Å². The zero-order valence-corrected chi connectivity index (χ0v) is 15.7. The molecule has 1 aromatic rings. The van der Waals surface area contributed by atoms with E-state index in [1.54, 1.807) is 37.1 Å². The number of nitriles is 1. The highest BCUT2D eigenvalue weighted by Crippen LogP contribution is 2.34. The van der Waals surface area contributed by atoms with Crippen LogP contribution in [-0.4, -0.2) is 29.5 Å². The molecule has 1 atom stereocenters. The summed E-state index contributed by atoms with van der Waals surface area (Å²) in [6.45, 7) is 1.70. The molecule has 0 aromatic heterocycles. The van der Waals surface area contributed by atoms with E-state index >= 15 is 0 Å². The zero-order chi connectivity index (χ0) is 17.0. The fourth-order valence-corrected chi connectivity index (χ4v) is 3.73. The van der Waals surface area contributed by atoms with E-state index in [0.717, 1.165) is 32.1 Å². The molecule has 1 aliphatic carbocycles. The van der Waals surface area contributed by atoms with E-state index in [2.05, 4.69) is 22.0 Å². The van der Waals surface area contributed by atoms with Crippen molar-refractivity contribution in [1.29, 1.82) is 5.26 Å². The van der Waals surface area contributed by atoms with Crippen LogP contribution in [0.5, 0.6) is 5.75 Å². The number of amides is 1. The summed E-state index contributed by atoms with van der Waals surface area (Å²) in [5.41, 5.74) is -0.704. The van der Waals surface area contributed by atoms with Crippen LogP contribution in [0.4, 0.5) is 0 Å². The highest BCUT2D eigenvalue weighted by molar-refractivity contribution is 9.10. The summed E-state index contributed by atoms with van der Waals surface area (Å²) < 4.78 is 6.45. The summed E-state index contributed by atoms with van der Waals surface area (Å²) in [6.07, 6.45) is 3.85. The Balaban J connectivity index is 2.10. The highest BCUT2D eigenvalue weighted by atomic mass is 79.9. The van der Waals surface area contributed by atoms with Gasteiger partial charge in [0.1, 0.15) is 11.3 Å². The second-order valence-corrected chi connectivity index (χ2v) is 7.23. The summed E-state index contributed by atoms with van der Waals surface area (Å²) in [7, 11) is 1.70. The van der Waals surface area contributed by atoms with E-state index in [1.807, 2.05) is 0 Å². The first kappa shape index (κ1) is 18.1. The maximum absolute atomic E-state index is 12.7.